The lowest BCUT2D eigenvalue weighted by atomic mass is 10.1. The largest absolute Gasteiger partial charge is 0.481 e. The van der Waals surface area contributed by atoms with Crippen molar-refractivity contribution in [2.75, 3.05) is 18.0 Å². The van der Waals surface area contributed by atoms with Crippen LogP contribution in [0.25, 0.3) is 0 Å². The van der Waals surface area contributed by atoms with Gasteiger partial charge in [0, 0.05) is 13.1 Å². The summed E-state index contributed by atoms with van der Waals surface area (Å²) >= 11 is 0. The third-order valence-corrected chi connectivity index (χ3v) is 3.09. The van der Waals surface area contributed by atoms with Crippen LogP contribution in [0.2, 0.25) is 0 Å². The lowest BCUT2D eigenvalue weighted by molar-refractivity contribution is -0.384. The van der Waals surface area contributed by atoms with Gasteiger partial charge in [0.2, 0.25) is 0 Å². The first-order valence-corrected chi connectivity index (χ1v) is 6.20. The average Bonchev–Trinajstić information content (AvgIpc) is 2.38. The van der Waals surface area contributed by atoms with Gasteiger partial charge in [-0.1, -0.05) is 6.92 Å². The zero-order valence-corrected chi connectivity index (χ0v) is 11.6. The summed E-state index contributed by atoms with van der Waals surface area (Å²) in [4.78, 5) is 22.8. The van der Waals surface area contributed by atoms with Gasteiger partial charge >= 0.3 is 5.97 Å². The fourth-order valence-electron chi connectivity index (χ4n) is 1.86. The molecular weight excluding hydrogens is 267 g/mol. The van der Waals surface area contributed by atoms with Crippen molar-refractivity contribution in [2.45, 2.75) is 20.8 Å². The predicted octanol–water partition coefficient (Wildman–Crippen LogP) is 2.59. The summed E-state index contributed by atoms with van der Waals surface area (Å²) in [6.07, 6.45) is 0. The minimum atomic E-state index is -0.982. The summed E-state index contributed by atoms with van der Waals surface area (Å²) in [7, 11) is 0. The smallest absolute Gasteiger partial charge is 0.308 e. The van der Waals surface area contributed by atoms with Gasteiger partial charge in [-0.05, 0) is 25.5 Å². The molecule has 0 heterocycles. The minimum Gasteiger partial charge on any atom is -0.481 e. The van der Waals surface area contributed by atoms with Crippen LogP contribution >= 0.6 is 0 Å². The van der Waals surface area contributed by atoms with Crippen molar-refractivity contribution < 1.29 is 19.2 Å². The van der Waals surface area contributed by atoms with Crippen molar-refractivity contribution in [3.05, 3.63) is 33.6 Å². The number of carboxylic acid groups (broad SMARTS) is 1. The molecule has 20 heavy (non-hydrogen) atoms. The van der Waals surface area contributed by atoms with Crippen molar-refractivity contribution >= 4 is 17.3 Å². The second kappa shape index (κ2) is 6.31. The number of hydrogen-bond acceptors (Lipinski definition) is 4. The van der Waals surface area contributed by atoms with Crippen LogP contribution in [-0.4, -0.2) is 29.1 Å². The first-order valence-electron chi connectivity index (χ1n) is 6.20. The lowest BCUT2D eigenvalue weighted by Gasteiger charge is -2.25. The Hall–Kier alpha value is -2.18. The number of benzene rings is 1. The van der Waals surface area contributed by atoms with Crippen LogP contribution in [0.4, 0.5) is 15.8 Å². The van der Waals surface area contributed by atoms with Gasteiger partial charge in [0.05, 0.1) is 16.9 Å². The molecule has 1 N–H and O–H groups in total. The maximum absolute atomic E-state index is 13.5. The van der Waals surface area contributed by atoms with E-state index in [1.54, 1.807) is 11.8 Å². The summed E-state index contributed by atoms with van der Waals surface area (Å²) in [6, 6.07) is 2.25. The number of rotatable bonds is 6. The maximum Gasteiger partial charge on any atom is 0.308 e. The molecule has 0 saturated heterocycles. The van der Waals surface area contributed by atoms with Crippen LogP contribution in [0, 0.1) is 28.8 Å². The summed E-state index contributed by atoms with van der Waals surface area (Å²) in [5, 5.41) is 20.0. The van der Waals surface area contributed by atoms with E-state index in [-0.39, 0.29) is 23.5 Å². The third-order valence-electron chi connectivity index (χ3n) is 3.09. The molecule has 0 bridgehead atoms. The molecular formula is C13H17FN2O4. The number of carboxylic acids is 1. The molecule has 0 spiro atoms. The Morgan fingerprint density at radius 2 is 2.15 bits per heavy atom. The molecule has 0 radical (unpaired) electrons. The van der Waals surface area contributed by atoms with E-state index in [9.17, 15) is 19.3 Å². The van der Waals surface area contributed by atoms with Crippen molar-refractivity contribution in [1.29, 1.82) is 0 Å². The van der Waals surface area contributed by atoms with Gasteiger partial charge in [-0.15, -0.1) is 0 Å². The van der Waals surface area contributed by atoms with Gasteiger partial charge in [0.25, 0.3) is 5.69 Å². The molecule has 1 unspecified atom stereocenters. The van der Waals surface area contributed by atoms with Crippen LogP contribution in [0.5, 0.6) is 0 Å². The molecule has 0 aliphatic heterocycles. The van der Waals surface area contributed by atoms with E-state index in [2.05, 4.69) is 0 Å². The van der Waals surface area contributed by atoms with E-state index < -0.39 is 22.6 Å². The van der Waals surface area contributed by atoms with E-state index in [0.717, 1.165) is 6.07 Å². The Morgan fingerprint density at radius 3 is 2.60 bits per heavy atom. The summed E-state index contributed by atoms with van der Waals surface area (Å²) in [5.74, 6) is -2.31. The number of nitrogens with zero attached hydrogens (tertiary/aromatic N) is 2. The highest BCUT2D eigenvalue weighted by atomic mass is 19.1. The minimum absolute atomic E-state index is 0.123. The van der Waals surface area contributed by atoms with Gasteiger partial charge in [0.15, 0.2) is 0 Å². The monoisotopic (exact) mass is 284 g/mol. The molecule has 6 nitrogen and oxygen atoms in total. The number of hydrogen-bond donors (Lipinski definition) is 1. The maximum atomic E-state index is 13.5. The van der Waals surface area contributed by atoms with Gasteiger partial charge in [0.1, 0.15) is 11.5 Å². The average molecular weight is 284 g/mol. The number of halogens is 1. The van der Waals surface area contributed by atoms with Crippen molar-refractivity contribution in [3.63, 3.8) is 0 Å². The first-order chi connectivity index (χ1) is 9.27. The lowest BCUT2D eigenvalue weighted by Crippen LogP contribution is -2.32. The number of aryl methyl sites for hydroxylation is 1. The molecule has 1 aromatic carbocycles. The molecule has 0 amide bonds. The van der Waals surface area contributed by atoms with Crippen LogP contribution in [0.15, 0.2) is 12.1 Å². The summed E-state index contributed by atoms with van der Waals surface area (Å²) in [5.41, 5.74) is 0.170. The Balaban J connectivity index is 3.23. The molecule has 0 aliphatic carbocycles. The number of anilines is 1. The number of aliphatic carboxylic acids is 1. The molecule has 1 rings (SSSR count). The van der Waals surface area contributed by atoms with Crippen LogP contribution < -0.4 is 4.90 Å². The SMILES string of the molecule is CCN(CC(C)C(=O)O)c1cc(C)c(F)cc1[N+](=O)[O-]. The molecule has 0 saturated carbocycles. The van der Waals surface area contributed by atoms with E-state index in [1.807, 2.05) is 0 Å². The van der Waals surface area contributed by atoms with Crippen LogP contribution in [0.3, 0.4) is 0 Å². The fourth-order valence-corrected chi connectivity index (χ4v) is 1.86. The quantitative estimate of drug-likeness (QED) is 0.641. The second-order valence-electron chi connectivity index (χ2n) is 4.63. The Kier molecular flexibility index (Phi) is 5.01. The van der Waals surface area contributed by atoms with E-state index in [1.165, 1.54) is 19.9 Å². The van der Waals surface area contributed by atoms with Gasteiger partial charge in [-0.3, -0.25) is 14.9 Å². The van der Waals surface area contributed by atoms with Gasteiger partial charge in [-0.2, -0.15) is 0 Å². The standard InChI is InChI=1S/C13H17FN2O4/c1-4-15(7-9(3)13(17)18)11-5-8(2)10(14)6-12(11)16(19)20/h5-6,9H,4,7H2,1-3H3,(H,17,18). The second-order valence-corrected chi connectivity index (χ2v) is 4.63. The molecule has 1 atom stereocenters. The zero-order valence-electron chi connectivity index (χ0n) is 11.6. The summed E-state index contributed by atoms with van der Waals surface area (Å²) < 4.78 is 13.5. The summed E-state index contributed by atoms with van der Waals surface area (Å²) in [6.45, 7) is 5.31. The number of carbonyl (C=O) groups is 1. The first kappa shape index (κ1) is 15.9. The Morgan fingerprint density at radius 1 is 1.55 bits per heavy atom. The van der Waals surface area contributed by atoms with Crippen LogP contribution in [0.1, 0.15) is 19.4 Å². The van der Waals surface area contributed by atoms with Crippen molar-refractivity contribution in [3.8, 4) is 0 Å². The number of nitro benzene ring substituents is 1. The fraction of sp³-hybridized carbons (Fsp3) is 0.462. The van der Waals surface area contributed by atoms with Crippen LogP contribution in [-0.2, 0) is 4.79 Å². The van der Waals surface area contributed by atoms with E-state index >= 15 is 0 Å². The number of nitro groups is 1. The molecule has 0 aromatic heterocycles. The molecule has 110 valence electrons. The van der Waals surface area contributed by atoms with Gasteiger partial charge < -0.3 is 10.0 Å². The van der Waals surface area contributed by atoms with E-state index in [0.29, 0.717) is 6.54 Å². The van der Waals surface area contributed by atoms with Gasteiger partial charge in [-0.25, -0.2) is 4.39 Å². The molecule has 7 heteroatoms. The van der Waals surface area contributed by atoms with Crippen molar-refractivity contribution in [1.82, 2.24) is 0 Å². The Labute approximate surface area is 116 Å². The molecule has 0 aliphatic rings. The topological polar surface area (TPSA) is 83.7 Å². The van der Waals surface area contributed by atoms with E-state index in [4.69, 9.17) is 5.11 Å². The predicted molar refractivity (Wildman–Crippen MR) is 72.5 cm³/mol. The molecule has 0 fully saturated rings. The third kappa shape index (κ3) is 3.43. The Bertz CT molecular complexity index is 533. The highest BCUT2D eigenvalue weighted by Gasteiger charge is 2.24. The normalized spacial score (nSPS) is 12.0. The zero-order chi connectivity index (χ0) is 15.4. The highest BCUT2D eigenvalue weighted by Crippen LogP contribution is 2.31. The van der Waals surface area contributed by atoms with Crippen molar-refractivity contribution in [2.24, 2.45) is 5.92 Å². The molecule has 1 aromatic rings. The highest BCUT2D eigenvalue weighted by molar-refractivity contribution is 5.71.